The highest BCUT2D eigenvalue weighted by atomic mass is 35.5. The maximum absolute atomic E-state index is 6.27. The van der Waals surface area contributed by atoms with Gasteiger partial charge in [-0.1, -0.05) is 50.0 Å². The first-order chi connectivity index (χ1) is 8.78. The predicted molar refractivity (Wildman–Crippen MR) is 81.2 cm³/mol. The smallest absolute Gasteiger partial charge is 0.146 e. The van der Waals surface area contributed by atoms with Crippen LogP contribution in [0.4, 0.5) is 5.82 Å². The number of nitrogens with zero attached hydrogens (tertiary/aromatic N) is 2. The average Bonchev–Trinajstić information content (AvgIpc) is 2.55. The molecule has 1 aromatic heterocycles. The van der Waals surface area contributed by atoms with Crippen LogP contribution in [0.3, 0.4) is 0 Å². The van der Waals surface area contributed by atoms with Crippen LogP contribution in [0.25, 0.3) is 5.69 Å². The lowest BCUT2D eigenvalue weighted by molar-refractivity contribution is 0.405. The molecule has 5 heteroatoms. The van der Waals surface area contributed by atoms with Gasteiger partial charge in [0, 0.05) is 5.02 Å². The summed E-state index contributed by atoms with van der Waals surface area (Å²) in [5.74, 6) is 0.447. The summed E-state index contributed by atoms with van der Waals surface area (Å²) < 4.78 is 1.63. The Labute approximate surface area is 123 Å². The summed E-state index contributed by atoms with van der Waals surface area (Å²) >= 11 is 12.3. The van der Waals surface area contributed by atoms with Gasteiger partial charge in [0.2, 0.25) is 0 Å². The van der Waals surface area contributed by atoms with Crippen molar-refractivity contribution in [3.8, 4) is 5.69 Å². The number of nitrogen functional groups attached to an aromatic ring is 1. The molecule has 0 atom stereocenters. The van der Waals surface area contributed by atoms with Gasteiger partial charge < -0.3 is 5.73 Å². The van der Waals surface area contributed by atoms with E-state index in [1.165, 1.54) is 0 Å². The summed E-state index contributed by atoms with van der Waals surface area (Å²) in [6, 6.07) is 7.37. The first-order valence-corrected chi connectivity index (χ1v) is 6.82. The van der Waals surface area contributed by atoms with Gasteiger partial charge in [0.15, 0.2) is 0 Å². The van der Waals surface area contributed by atoms with Crippen LogP contribution in [-0.2, 0) is 6.42 Å². The molecule has 0 saturated carbocycles. The van der Waals surface area contributed by atoms with Gasteiger partial charge in [0.25, 0.3) is 0 Å². The standard InChI is InChI=1S/C14H17Cl2N3/c1-14(2,3)8-11-12(16)13(17)19(18-11)10-6-4-5-9(15)7-10/h4-7H,8,17H2,1-3H3. The summed E-state index contributed by atoms with van der Waals surface area (Å²) in [6.45, 7) is 6.41. The van der Waals surface area contributed by atoms with E-state index in [1.807, 2.05) is 24.3 Å². The van der Waals surface area contributed by atoms with Gasteiger partial charge in [-0.15, -0.1) is 0 Å². The lowest BCUT2D eigenvalue weighted by Crippen LogP contribution is -2.10. The SMILES string of the molecule is CC(C)(C)Cc1nn(-c2cccc(Cl)c2)c(N)c1Cl. The zero-order valence-corrected chi connectivity index (χ0v) is 12.8. The topological polar surface area (TPSA) is 43.8 Å². The van der Waals surface area contributed by atoms with E-state index in [2.05, 4.69) is 25.9 Å². The first kappa shape index (κ1) is 14.2. The Morgan fingerprint density at radius 1 is 1.26 bits per heavy atom. The molecule has 0 saturated heterocycles. The molecule has 0 fully saturated rings. The molecule has 1 heterocycles. The van der Waals surface area contributed by atoms with Gasteiger partial charge in [0.05, 0.1) is 11.4 Å². The van der Waals surface area contributed by atoms with E-state index in [0.717, 1.165) is 17.8 Å². The van der Waals surface area contributed by atoms with E-state index in [-0.39, 0.29) is 5.41 Å². The molecule has 0 aliphatic heterocycles. The van der Waals surface area contributed by atoms with Gasteiger partial charge >= 0.3 is 0 Å². The number of aromatic nitrogens is 2. The molecule has 2 aromatic rings. The molecular formula is C14H17Cl2N3. The second-order valence-electron chi connectivity index (χ2n) is 5.78. The van der Waals surface area contributed by atoms with Crippen LogP contribution in [0, 0.1) is 5.41 Å². The van der Waals surface area contributed by atoms with Crippen molar-refractivity contribution in [2.24, 2.45) is 5.41 Å². The van der Waals surface area contributed by atoms with Crippen LogP contribution in [0.15, 0.2) is 24.3 Å². The molecule has 2 N–H and O–H groups in total. The molecule has 0 spiro atoms. The Balaban J connectivity index is 2.46. The van der Waals surface area contributed by atoms with Crippen LogP contribution < -0.4 is 5.73 Å². The molecule has 0 radical (unpaired) electrons. The lowest BCUT2D eigenvalue weighted by atomic mass is 9.91. The van der Waals surface area contributed by atoms with Gasteiger partial charge in [-0.05, 0) is 30.0 Å². The monoisotopic (exact) mass is 297 g/mol. The van der Waals surface area contributed by atoms with Crippen LogP contribution in [0.1, 0.15) is 26.5 Å². The summed E-state index contributed by atoms with van der Waals surface area (Å²) in [6.07, 6.45) is 0.767. The number of rotatable bonds is 2. The maximum Gasteiger partial charge on any atom is 0.146 e. The van der Waals surface area contributed by atoms with Gasteiger partial charge in [-0.25, -0.2) is 4.68 Å². The van der Waals surface area contributed by atoms with Crippen LogP contribution in [0.5, 0.6) is 0 Å². The Kier molecular flexibility index (Phi) is 3.79. The molecule has 0 unspecified atom stereocenters. The molecule has 0 bridgehead atoms. The largest absolute Gasteiger partial charge is 0.382 e. The zero-order chi connectivity index (χ0) is 14.2. The molecule has 1 aromatic carbocycles. The average molecular weight is 298 g/mol. The van der Waals surface area contributed by atoms with Crippen molar-refractivity contribution < 1.29 is 0 Å². The molecule has 2 rings (SSSR count). The Bertz CT molecular complexity index is 597. The molecule has 3 nitrogen and oxygen atoms in total. The van der Waals surface area contributed by atoms with Crippen molar-refractivity contribution in [2.75, 3.05) is 5.73 Å². The highest BCUT2D eigenvalue weighted by molar-refractivity contribution is 6.33. The fourth-order valence-electron chi connectivity index (χ4n) is 1.88. The summed E-state index contributed by atoms with van der Waals surface area (Å²) in [4.78, 5) is 0. The van der Waals surface area contributed by atoms with Crippen molar-refractivity contribution >= 4 is 29.0 Å². The maximum atomic E-state index is 6.27. The second kappa shape index (κ2) is 5.06. The quantitative estimate of drug-likeness (QED) is 0.895. The summed E-state index contributed by atoms with van der Waals surface area (Å²) in [5.41, 5.74) is 7.75. The predicted octanol–water partition coefficient (Wildman–Crippen LogP) is 4.35. The van der Waals surface area contributed by atoms with Crippen molar-refractivity contribution in [2.45, 2.75) is 27.2 Å². The minimum absolute atomic E-state index is 0.101. The number of halogens is 2. The van der Waals surface area contributed by atoms with E-state index in [9.17, 15) is 0 Å². The molecule has 19 heavy (non-hydrogen) atoms. The molecule has 102 valence electrons. The van der Waals surface area contributed by atoms with E-state index in [4.69, 9.17) is 28.9 Å². The highest BCUT2D eigenvalue weighted by Gasteiger charge is 2.20. The fraction of sp³-hybridized carbons (Fsp3) is 0.357. The Morgan fingerprint density at radius 2 is 1.95 bits per heavy atom. The third kappa shape index (κ3) is 3.23. The fourth-order valence-corrected chi connectivity index (χ4v) is 2.25. The Hall–Kier alpha value is -1.19. The van der Waals surface area contributed by atoms with Crippen LogP contribution in [0.2, 0.25) is 10.0 Å². The number of anilines is 1. The zero-order valence-electron chi connectivity index (χ0n) is 11.2. The van der Waals surface area contributed by atoms with Crippen molar-refractivity contribution in [3.63, 3.8) is 0 Å². The first-order valence-electron chi connectivity index (χ1n) is 6.07. The van der Waals surface area contributed by atoms with E-state index in [1.54, 1.807) is 4.68 Å². The summed E-state index contributed by atoms with van der Waals surface area (Å²) in [5, 5.41) is 5.67. The molecular weight excluding hydrogens is 281 g/mol. The second-order valence-corrected chi connectivity index (χ2v) is 6.59. The number of hydrogen-bond acceptors (Lipinski definition) is 2. The van der Waals surface area contributed by atoms with Crippen LogP contribution >= 0.6 is 23.2 Å². The Morgan fingerprint density at radius 3 is 2.53 bits per heavy atom. The lowest BCUT2D eigenvalue weighted by Gasteiger charge is -2.16. The van der Waals surface area contributed by atoms with Crippen molar-refractivity contribution in [1.29, 1.82) is 0 Å². The van der Waals surface area contributed by atoms with E-state index >= 15 is 0 Å². The van der Waals surface area contributed by atoms with Gasteiger partial charge in [-0.2, -0.15) is 5.10 Å². The number of hydrogen-bond donors (Lipinski definition) is 1. The third-order valence-electron chi connectivity index (χ3n) is 2.68. The molecule has 0 amide bonds. The van der Waals surface area contributed by atoms with Crippen molar-refractivity contribution in [3.05, 3.63) is 40.0 Å². The van der Waals surface area contributed by atoms with E-state index in [0.29, 0.717) is 15.9 Å². The summed E-state index contributed by atoms with van der Waals surface area (Å²) in [7, 11) is 0. The highest BCUT2D eigenvalue weighted by Crippen LogP contribution is 2.31. The minimum atomic E-state index is 0.101. The minimum Gasteiger partial charge on any atom is -0.382 e. The van der Waals surface area contributed by atoms with Gasteiger partial charge in [-0.3, -0.25) is 0 Å². The van der Waals surface area contributed by atoms with E-state index < -0.39 is 0 Å². The number of nitrogens with two attached hydrogens (primary N) is 1. The normalized spacial score (nSPS) is 11.8. The van der Waals surface area contributed by atoms with Crippen molar-refractivity contribution in [1.82, 2.24) is 9.78 Å². The number of benzene rings is 1. The molecule has 0 aliphatic carbocycles. The van der Waals surface area contributed by atoms with Gasteiger partial charge in [0.1, 0.15) is 10.8 Å². The molecule has 0 aliphatic rings. The third-order valence-corrected chi connectivity index (χ3v) is 3.32. The van der Waals surface area contributed by atoms with Crippen LogP contribution in [-0.4, -0.2) is 9.78 Å².